The average Bonchev–Trinajstić information content (AvgIpc) is 3.26. The molecule has 1 amide bonds. The van der Waals surface area contributed by atoms with Crippen LogP contribution < -0.4 is 10.2 Å². The number of benzene rings is 2. The predicted octanol–water partition coefficient (Wildman–Crippen LogP) is 3.91. The molecule has 5 heteroatoms. The summed E-state index contributed by atoms with van der Waals surface area (Å²) in [6.07, 6.45) is 3.63. The highest BCUT2D eigenvalue weighted by atomic mass is 16.3. The summed E-state index contributed by atoms with van der Waals surface area (Å²) in [4.78, 5) is 17.9. The maximum absolute atomic E-state index is 13.3. The predicted molar refractivity (Wildman–Crippen MR) is 115 cm³/mol. The van der Waals surface area contributed by atoms with E-state index in [0.717, 1.165) is 59.3 Å². The second-order valence-electron chi connectivity index (χ2n) is 8.70. The lowest BCUT2D eigenvalue weighted by molar-refractivity contribution is 0.0930. The minimum atomic E-state index is -0.282. The summed E-state index contributed by atoms with van der Waals surface area (Å²) >= 11 is 0. The Morgan fingerprint density at radius 2 is 1.97 bits per heavy atom. The summed E-state index contributed by atoms with van der Waals surface area (Å²) in [6.45, 7) is 4.01. The molecule has 150 valence electrons. The number of fused-ring (bicyclic) bond motifs is 1. The number of rotatable bonds is 5. The van der Waals surface area contributed by atoms with Crippen molar-refractivity contribution in [3.63, 3.8) is 0 Å². The van der Waals surface area contributed by atoms with Crippen molar-refractivity contribution in [2.75, 3.05) is 32.1 Å². The Morgan fingerprint density at radius 3 is 2.69 bits per heavy atom. The van der Waals surface area contributed by atoms with Crippen LogP contribution in [0.2, 0.25) is 0 Å². The first kappa shape index (κ1) is 18.3. The highest BCUT2D eigenvalue weighted by Gasteiger charge is 2.47. The number of nitrogens with zero attached hydrogens (tertiary/aromatic N) is 2. The first-order valence-electron chi connectivity index (χ1n) is 10.3. The standard InChI is InChI=1S/C24H27N3O2/c1-16-7-8-17(27-14-18(15-27)26(2)3)13-20(16)23(28)25-24(10-11-24)21-5-4-6-22-19(21)9-12-29-22/h4-9,12-13,18H,10-11,14-15H2,1-3H3,(H,25,28). The van der Waals surface area contributed by atoms with Crippen LogP contribution in [0.15, 0.2) is 53.1 Å². The maximum Gasteiger partial charge on any atom is 0.252 e. The smallest absolute Gasteiger partial charge is 0.252 e. The van der Waals surface area contributed by atoms with Gasteiger partial charge in [0.2, 0.25) is 0 Å². The largest absolute Gasteiger partial charge is 0.464 e. The van der Waals surface area contributed by atoms with Crippen LogP contribution in [0.5, 0.6) is 0 Å². The molecule has 0 atom stereocenters. The average molecular weight is 389 g/mol. The van der Waals surface area contributed by atoms with E-state index in [1.54, 1.807) is 6.26 Å². The highest BCUT2D eigenvalue weighted by molar-refractivity contribution is 5.98. The summed E-state index contributed by atoms with van der Waals surface area (Å²) in [5.74, 6) is 0.00651. The van der Waals surface area contributed by atoms with Crippen molar-refractivity contribution in [3.8, 4) is 0 Å². The quantitative estimate of drug-likeness (QED) is 0.719. The Labute approximate surface area is 171 Å². The zero-order valence-corrected chi connectivity index (χ0v) is 17.2. The zero-order valence-electron chi connectivity index (χ0n) is 17.2. The fraction of sp³-hybridized carbons (Fsp3) is 0.375. The minimum absolute atomic E-state index is 0.00651. The molecule has 1 saturated carbocycles. The van der Waals surface area contributed by atoms with E-state index in [-0.39, 0.29) is 11.4 Å². The molecule has 1 saturated heterocycles. The summed E-state index contributed by atoms with van der Waals surface area (Å²) < 4.78 is 5.55. The molecule has 2 heterocycles. The van der Waals surface area contributed by atoms with Gasteiger partial charge in [0.25, 0.3) is 5.91 Å². The Hall–Kier alpha value is -2.79. The van der Waals surface area contributed by atoms with Gasteiger partial charge in [-0.3, -0.25) is 4.79 Å². The second kappa shape index (κ2) is 6.63. The van der Waals surface area contributed by atoms with Crippen LogP contribution in [-0.2, 0) is 5.54 Å². The summed E-state index contributed by atoms with van der Waals surface area (Å²) in [7, 11) is 4.23. The van der Waals surface area contributed by atoms with Gasteiger partial charge in [-0.25, -0.2) is 0 Å². The van der Waals surface area contributed by atoms with Crippen LogP contribution in [0.1, 0.15) is 34.3 Å². The van der Waals surface area contributed by atoms with Gasteiger partial charge in [-0.2, -0.15) is 0 Å². The van der Waals surface area contributed by atoms with Crippen molar-refractivity contribution >= 4 is 22.6 Å². The Balaban J connectivity index is 1.39. The normalized spacial score (nSPS) is 18.1. The van der Waals surface area contributed by atoms with Gasteiger partial charge >= 0.3 is 0 Å². The zero-order chi connectivity index (χ0) is 20.2. The summed E-state index contributed by atoms with van der Waals surface area (Å²) in [5, 5.41) is 4.43. The van der Waals surface area contributed by atoms with E-state index in [4.69, 9.17) is 4.42 Å². The molecule has 1 aromatic heterocycles. The van der Waals surface area contributed by atoms with E-state index < -0.39 is 0 Å². The van der Waals surface area contributed by atoms with E-state index >= 15 is 0 Å². The van der Waals surface area contributed by atoms with Crippen LogP contribution in [0.25, 0.3) is 11.0 Å². The number of aryl methyl sites for hydroxylation is 1. The molecule has 2 aromatic carbocycles. The van der Waals surface area contributed by atoms with Crippen molar-refractivity contribution in [1.82, 2.24) is 10.2 Å². The van der Waals surface area contributed by atoms with Gasteiger partial charge in [-0.1, -0.05) is 18.2 Å². The summed E-state index contributed by atoms with van der Waals surface area (Å²) in [5.41, 5.74) is 4.64. The lowest BCUT2D eigenvalue weighted by Gasteiger charge is -2.44. The molecule has 0 unspecified atom stereocenters. The van der Waals surface area contributed by atoms with E-state index in [1.807, 2.05) is 31.2 Å². The minimum Gasteiger partial charge on any atom is -0.464 e. The Kier molecular flexibility index (Phi) is 4.17. The molecule has 29 heavy (non-hydrogen) atoms. The molecular weight excluding hydrogens is 362 g/mol. The first-order chi connectivity index (χ1) is 14.0. The van der Waals surface area contributed by atoms with Crippen molar-refractivity contribution in [2.45, 2.75) is 31.3 Å². The van der Waals surface area contributed by atoms with Crippen molar-refractivity contribution in [3.05, 3.63) is 65.4 Å². The molecule has 0 bridgehead atoms. The van der Waals surface area contributed by atoms with E-state index in [9.17, 15) is 4.79 Å². The molecule has 1 N–H and O–H groups in total. The molecule has 2 aliphatic rings. The number of carbonyl (C=O) groups is 1. The van der Waals surface area contributed by atoms with Crippen LogP contribution in [-0.4, -0.2) is 44.0 Å². The van der Waals surface area contributed by atoms with Gasteiger partial charge in [0, 0.05) is 35.8 Å². The third-order valence-corrected chi connectivity index (χ3v) is 6.54. The van der Waals surface area contributed by atoms with Crippen LogP contribution in [0.3, 0.4) is 0 Å². The van der Waals surface area contributed by atoms with Gasteiger partial charge in [0.15, 0.2) is 0 Å². The number of hydrogen-bond donors (Lipinski definition) is 1. The van der Waals surface area contributed by atoms with Gasteiger partial charge < -0.3 is 19.5 Å². The number of hydrogen-bond acceptors (Lipinski definition) is 4. The monoisotopic (exact) mass is 389 g/mol. The van der Waals surface area contributed by atoms with Crippen molar-refractivity contribution in [1.29, 1.82) is 0 Å². The molecule has 2 fully saturated rings. The number of anilines is 1. The van der Waals surface area contributed by atoms with Crippen LogP contribution in [0.4, 0.5) is 5.69 Å². The number of amides is 1. The van der Waals surface area contributed by atoms with Gasteiger partial charge in [0.1, 0.15) is 5.58 Å². The third-order valence-electron chi connectivity index (χ3n) is 6.54. The van der Waals surface area contributed by atoms with E-state index in [0.29, 0.717) is 6.04 Å². The molecular formula is C24H27N3O2. The molecule has 0 spiro atoms. The SMILES string of the molecule is Cc1ccc(N2CC(N(C)C)C2)cc1C(=O)NC1(c2cccc3occc23)CC1. The number of furan rings is 1. The fourth-order valence-electron chi connectivity index (χ4n) is 4.33. The number of nitrogens with one attached hydrogen (secondary N) is 1. The fourth-order valence-corrected chi connectivity index (χ4v) is 4.33. The Morgan fingerprint density at radius 1 is 1.17 bits per heavy atom. The number of carbonyl (C=O) groups excluding carboxylic acids is 1. The van der Waals surface area contributed by atoms with Gasteiger partial charge in [-0.05, 0) is 69.3 Å². The maximum atomic E-state index is 13.3. The number of likely N-dealkylation sites (N-methyl/N-ethyl adjacent to an activating group) is 1. The Bertz CT molecular complexity index is 1070. The van der Waals surface area contributed by atoms with Crippen LogP contribution >= 0.6 is 0 Å². The molecule has 1 aliphatic carbocycles. The molecule has 0 radical (unpaired) electrons. The van der Waals surface area contributed by atoms with Crippen molar-refractivity contribution < 1.29 is 9.21 Å². The lowest BCUT2D eigenvalue weighted by atomic mass is 9.98. The summed E-state index contributed by atoms with van der Waals surface area (Å²) in [6, 6.07) is 14.9. The second-order valence-corrected chi connectivity index (χ2v) is 8.70. The molecule has 3 aromatic rings. The van der Waals surface area contributed by atoms with Crippen LogP contribution in [0, 0.1) is 6.92 Å². The highest BCUT2D eigenvalue weighted by Crippen LogP contribution is 2.48. The lowest BCUT2D eigenvalue weighted by Crippen LogP contribution is -2.57. The third kappa shape index (κ3) is 3.10. The first-order valence-corrected chi connectivity index (χ1v) is 10.3. The van der Waals surface area contributed by atoms with Crippen molar-refractivity contribution in [2.24, 2.45) is 0 Å². The molecule has 5 nitrogen and oxygen atoms in total. The molecule has 1 aliphatic heterocycles. The molecule has 5 rings (SSSR count). The topological polar surface area (TPSA) is 48.7 Å². The van der Waals surface area contributed by atoms with E-state index in [1.165, 1.54) is 0 Å². The van der Waals surface area contributed by atoms with Gasteiger partial charge in [-0.15, -0.1) is 0 Å². The van der Waals surface area contributed by atoms with Gasteiger partial charge in [0.05, 0.1) is 11.8 Å². The van der Waals surface area contributed by atoms with E-state index in [2.05, 4.69) is 47.4 Å².